The lowest BCUT2D eigenvalue weighted by atomic mass is 10.0. The first-order chi connectivity index (χ1) is 9.04. The largest absolute Gasteiger partial charge is 0.325 e. The number of anilines is 1. The topological polar surface area (TPSA) is 32.3 Å². The van der Waals surface area contributed by atoms with Crippen molar-refractivity contribution in [1.82, 2.24) is 4.90 Å². The fourth-order valence-electron chi connectivity index (χ4n) is 2.59. The van der Waals surface area contributed by atoms with Crippen molar-refractivity contribution in [3.63, 3.8) is 0 Å². The fraction of sp³-hybridized carbons (Fsp3) is 0.533. The smallest absolute Gasteiger partial charge is 0.238 e. The van der Waals surface area contributed by atoms with E-state index in [0.29, 0.717) is 12.5 Å². The molecule has 1 N–H and O–H groups in total. The van der Waals surface area contributed by atoms with E-state index in [2.05, 4.69) is 45.8 Å². The van der Waals surface area contributed by atoms with Crippen molar-refractivity contribution in [2.75, 3.05) is 25.0 Å². The molecule has 2 rings (SSSR count). The number of carbonyl (C=O) groups excluding carboxylic acids is 1. The molecule has 19 heavy (non-hydrogen) atoms. The van der Waals surface area contributed by atoms with E-state index in [4.69, 9.17) is 0 Å². The summed E-state index contributed by atoms with van der Waals surface area (Å²) >= 11 is 2.28. The van der Waals surface area contributed by atoms with Crippen molar-refractivity contribution in [2.24, 2.45) is 5.92 Å². The number of piperidine rings is 1. The number of amides is 1. The van der Waals surface area contributed by atoms with E-state index in [-0.39, 0.29) is 5.91 Å². The van der Waals surface area contributed by atoms with Crippen molar-refractivity contribution in [3.05, 3.63) is 27.3 Å². The highest BCUT2D eigenvalue weighted by molar-refractivity contribution is 14.1. The zero-order valence-corrected chi connectivity index (χ0v) is 13.7. The summed E-state index contributed by atoms with van der Waals surface area (Å²) in [6.45, 7) is 6.88. The molecule has 0 aliphatic carbocycles. The van der Waals surface area contributed by atoms with Crippen LogP contribution in [0.4, 0.5) is 5.69 Å². The molecule has 0 saturated carbocycles. The number of hydrogen-bond acceptors (Lipinski definition) is 2. The molecule has 0 aromatic heterocycles. The fourth-order valence-corrected chi connectivity index (χ4v) is 3.24. The van der Waals surface area contributed by atoms with Crippen LogP contribution in [0.25, 0.3) is 0 Å². The van der Waals surface area contributed by atoms with Crippen LogP contribution in [0.3, 0.4) is 0 Å². The van der Waals surface area contributed by atoms with Crippen molar-refractivity contribution in [3.8, 4) is 0 Å². The van der Waals surface area contributed by atoms with Crippen molar-refractivity contribution in [2.45, 2.75) is 26.7 Å². The first-order valence-electron chi connectivity index (χ1n) is 6.83. The SMILES string of the molecule is Cc1cc(I)ccc1NC(=O)CN1CCC[C@@H](C)C1. The Bertz CT molecular complexity index is 461. The summed E-state index contributed by atoms with van der Waals surface area (Å²) in [7, 11) is 0. The molecule has 4 heteroatoms. The summed E-state index contributed by atoms with van der Waals surface area (Å²) in [5, 5.41) is 3.02. The number of halogens is 1. The Morgan fingerprint density at radius 3 is 3.00 bits per heavy atom. The lowest BCUT2D eigenvalue weighted by Gasteiger charge is -2.30. The number of aryl methyl sites for hydroxylation is 1. The maximum absolute atomic E-state index is 12.1. The maximum Gasteiger partial charge on any atom is 0.238 e. The van der Waals surface area contributed by atoms with Crippen LogP contribution in [0.15, 0.2) is 18.2 Å². The standard InChI is InChI=1S/C15H21IN2O/c1-11-4-3-7-18(9-11)10-15(19)17-14-6-5-13(16)8-12(14)2/h5-6,8,11H,3-4,7,9-10H2,1-2H3,(H,17,19)/t11-/m1/s1. The van der Waals surface area contributed by atoms with E-state index < -0.39 is 0 Å². The highest BCUT2D eigenvalue weighted by atomic mass is 127. The van der Waals surface area contributed by atoms with Crippen molar-refractivity contribution < 1.29 is 4.79 Å². The number of likely N-dealkylation sites (tertiary alicyclic amines) is 1. The predicted octanol–water partition coefficient (Wildman–Crippen LogP) is 3.27. The molecule has 104 valence electrons. The van der Waals surface area contributed by atoms with Crippen LogP contribution in [0, 0.1) is 16.4 Å². The Hall–Kier alpha value is -0.620. The number of benzene rings is 1. The second-order valence-corrected chi connectivity index (χ2v) is 6.74. The van der Waals surface area contributed by atoms with Gasteiger partial charge in [-0.3, -0.25) is 9.69 Å². The average Bonchev–Trinajstić information content (AvgIpc) is 2.33. The normalized spacial score (nSPS) is 20.3. The van der Waals surface area contributed by atoms with E-state index in [1.165, 1.54) is 16.4 Å². The first kappa shape index (κ1) is 14.8. The molecule has 1 amide bonds. The highest BCUT2D eigenvalue weighted by Crippen LogP contribution is 2.18. The minimum Gasteiger partial charge on any atom is -0.325 e. The van der Waals surface area contributed by atoms with Crippen LogP contribution in [0.1, 0.15) is 25.3 Å². The Balaban J connectivity index is 1.90. The summed E-state index contributed by atoms with van der Waals surface area (Å²) in [6, 6.07) is 6.08. The quantitative estimate of drug-likeness (QED) is 0.827. The third kappa shape index (κ3) is 4.45. The maximum atomic E-state index is 12.1. The van der Waals surface area contributed by atoms with Crippen LogP contribution in [0.5, 0.6) is 0 Å². The van der Waals surface area contributed by atoms with Gasteiger partial charge in [0.15, 0.2) is 0 Å². The minimum absolute atomic E-state index is 0.0957. The first-order valence-corrected chi connectivity index (χ1v) is 7.91. The monoisotopic (exact) mass is 372 g/mol. The van der Waals surface area contributed by atoms with Gasteiger partial charge in [0, 0.05) is 15.8 Å². The summed E-state index contributed by atoms with van der Waals surface area (Å²) in [4.78, 5) is 14.3. The molecule has 1 heterocycles. The van der Waals surface area contributed by atoms with Gasteiger partial charge in [-0.05, 0) is 78.6 Å². The molecular weight excluding hydrogens is 351 g/mol. The molecule has 0 bridgehead atoms. The van der Waals surface area contributed by atoms with Crippen LogP contribution in [0.2, 0.25) is 0 Å². The summed E-state index contributed by atoms with van der Waals surface area (Å²) in [6.07, 6.45) is 2.49. The lowest BCUT2D eigenvalue weighted by Crippen LogP contribution is -2.39. The van der Waals surface area contributed by atoms with Crippen LogP contribution in [-0.2, 0) is 4.79 Å². The van der Waals surface area contributed by atoms with E-state index in [1.54, 1.807) is 0 Å². The molecule has 0 spiro atoms. The second kappa shape index (κ2) is 6.70. The van der Waals surface area contributed by atoms with Gasteiger partial charge in [-0.1, -0.05) is 6.92 Å². The molecule has 0 unspecified atom stereocenters. The number of carbonyl (C=O) groups is 1. The lowest BCUT2D eigenvalue weighted by molar-refractivity contribution is -0.117. The Morgan fingerprint density at radius 1 is 1.53 bits per heavy atom. The van der Waals surface area contributed by atoms with Crippen LogP contribution in [-0.4, -0.2) is 30.4 Å². The van der Waals surface area contributed by atoms with Crippen molar-refractivity contribution in [1.29, 1.82) is 0 Å². The Kier molecular flexibility index (Phi) is 5.21. The Labute approximate surface area is 128 Å². The van der Waals surface area contributed by atoms with E-state index >= 15 is 0 Å². The highest BCUT2D eigenvalue weighted by Gasteiger charge is 2.18. The average molecular weight is 372 g/mol. The summed E-state index contributed by atoms with van der Waals surface area (Å²) in [5.41, 5.74) is 2.04. The van der Waals surface area contributed by atoms with Gasteiger partial charge in [-0.15, -0.1) is 0 Å². The van der Waals surface area contributed by atoms with Gasteiger partial charge < -0.3 is 5.32 Å². The molecule has 1 aliphatic rings. The zero-order valence-electron chi connectivity index (χ0n) is 11.6. The minimum atomic E-state index is 0.0957. The molecule has 1 saturated heterocycles. The molecular formula is C15H21IN2O. The van der Waals surface area contributed by atoms with E-state index in [9.17, 15) is 4.79 Å². The molecule has 1 aromatic rings. The van der Waals surface area contributed by atoms with Gasteiger partial charge in [0.1, 0.15) is 0 Å². The molecule has 0 radical (unpaired) electrons. The number of nitrogens with zero attached hydrogens (tertiary/aromatic N) is 1. The van der Waals surface area contributed by atoms with E-state index in [0.717, 1.165) is 24.3 Å². The molecule has 1 aromatic carbocycles. The third-order valence-corrected chi connectivity index (χ3v) is 4.24. The van der Waals surface area contributed by atoms with Gasteiger partial charge in [0.25, 0.3) is 0 Å². The van der Waals surface area contributed by atoms with Gasteiger partial charge in [-0.2, -0.15) is 0 Å². The number of hydrogen-bond donors (Lipinski definition) is 1. The van der Waals surface area contributed by atoms with Crippen LogP contribution < -0.4 is 5.32 Å². The second-order valence-electron chi connectivity index (χ2n) is 5.49. The molecule has 3 nitrogen and oxygen atoms in total. The van der Waals surface area contributed by atoms with Crippen LogP contribution >= 0.6 is 22.6 Å². The van der Waals surface area contributed by atoms with Gasteiger partial charge >= 0.3 is 0 Å². The zero-order chi connectivity index (χ0) is 13.8. The number of nitrogens with one attached hydrogen (secondary N) is 1. The molecule has 1 atom stereocenters. The molecule has 1 aliphatic heterocycles. The summed E-state index contributed by atoms with van der Waals surface area (Å²) < 4.78 is 1.19. The van der Waals surface area contributed by atoms with Gasteiger partial charge in [0.05, 0.1) is 6.54 Å². The van der Waals surface area contributed by atoms with Gasteiger partial charge in [-0.25, -0.2) is 0 Å². The van der Waals surface area contributed by atoms with E-state index in [1.807, 2.05) is 19.1 Å². The third-order valence-electron chi connectivity index (χ3n) is 3.57. The van der Waals surface area contributed by atoms with Crippen molar-refractivity contribution >= 4 is 34.2 Å². The Morgan fingerprint density at radius 2 is 2.32 bits per heavy atom. The summed E-state index contributed by atoms with van der Waals surface area (Å²) in [5.74, 6) is 0.806. The molecule has 1 fully saturated rings. The predicted molar refractivity (Wildman–Crippen MR) is 87.4 cm³/mol. The number of rotatable bonds is 3. The van der Waals surface area contributed by atoms with Gasteiger partial charge in [0.2, 0.25) is 5.91 Å².